The van der Waals surface area contributed by atoms with Crippen molar-refractivity contribution < 1.29 is 4.57 Å². The van der Waals surface area contributed by atoms with Crippen LogP contribution in [-0.4, -0.2) is 4.57 Å². The van der Waals surface area contributed by atoms with Gasteiger partial charge in [0.15, 0.2) is 0 Å². The van der Waals surface area contributed by atoms with Gasteiger partial charge in [0.1, 0.15) is 12.4 Å². The highest BCUT2D eigenvalue weighted by atomic mass is 15.1. The van der Waals surface area contributed by atoms with Crippen LogP contribution in [0, 0.1) is 0 Å². The summed E-state index contributed by atoms with van der Waals surface area (Å²) < 4.78 is 5.05. The van der Waals surface area contributed by atoms with Gasteiger partial charge in [0.2, 0.25) is 0 Å². The van der Waals surface area contributed by atoms with Crippen LogP contribution >= 0.6 is 0 Å². The number of unbranched alkanes of at least 4 members (excludes halogenated alkanes) is 21. The van der Waals surface area contributed by atoms with Gasteiger partial charge in [0.25, 0.3) is 5.82 Å². The Balaban J connectivity index is 2.05. The van der Waals surface area contributed by atoms with E-state index in [0.717, 1.165) is 6.54 Å². The third-order valence-corrected chi connectivity index (χ3v) is 7.69. The molecule has 2 nitrogen and oxygen atoms in total. The highest BCUT2D eigenvalue weighted by Crippen LogP contribution is 2.14. The minimum absolute atomic E-state index is 1.11. The van der Waals surface area contributed by atoms with Gasteiger partial charge in [-0.15, -0.1) is 0 Å². The Kier molecular flexibility index (Phi) is 22.0. The second-order valence-corrected chi connectivity index (χ2v) is 10.9. The molecule has 0 aliphatic rings. The number of hydrogen-bond donors (Lipinski definition) is 0. The molecule has 1 aromatic heterocycles. The Morgan fingerprint density at radius 2 is 0.882 bits per heavy atom. The topological polar surface area (TPSA) is 8.81 Å². The number of rotatable bonds is 26. The summed E-state index contributed by atoms with van der Waals surface area (Å²) in [6, 6.07) is 0. The molecule has 0 aliphatic carbocycles. The zero-order chi connectivity index (χ0) is 24.5. The highest BCUT2D eigenvalue weighted by Gasteiger charge is 2.15. The van der Waals surface area contributed by atoms with E-state index in [4.69, 9.17) is 0 Å². The molecule has 34 heavy (non-hydrogen) atoms. The van der Waals surface area contributed by atoms with Crippen molar-refractivity contribution in [3.63, 3.8) is 0 Å². The zero-order valence-corrected chi connectivity index (χ0v) is 23.9. The van der Waals surface area contributed by atoms with E-state index < -0.39 is 0 Å². The molecule has 1 heterocycles. The Bertz CT molecular complexity index is 533. The van der Waals surface area contributed by atoms with Crippen LogP contribution in [0.4, 0.5) is 0 Å². The minimum Gasteiger partial charge on any atom is -0.235 e. The Morgan fingerprint density at radius 1 is 0.500 bits per heavy atom. The Morgan fingerprint density at radius 3 is 1.29 bits per heavy atom. The molecular formula is C32H63N2+. The van der Waals surface area contributed by atoms with E-state index in [1.807, 2.05) is 0 Å². The monoisotopic (exact) mass is 475 g/mol. The van der Waals surface area contributed by atoms with Crippen molar-refractivity contribution in [2.45, 2.75) is 188 Å². The van der Waals surface area contributed by atoms with Crippen LogP contribution in [0.5, 0.6) is 0 Å². The van der Waals surface area contributed by atoms with E-state index in [2.05, 4.69) is 42.3 Å². The van der Waals surface area contributed by atoms with Gasteiger partial charge in [-0.2, -0.15) is 0 Å². The van der Waals surface area contributed by atoms with Crippen LogP contribution in [0.2, 0.25) is 0 Å². The van der Waals surface area contributed by atoms with Crippen LogP contribution < -0.4 is 4.57 Å². The Labute approximate surface area is 215 Å². The van der Waals surface area contributed by atoms with Crippen LogP contribution in [0.15, 0.2) is 12.4 Å². The fourth-order valence-electron chi connectivity index (χ4n) is 5.35. The molecule has 0 unspecified atom stereocenters. The lowest BCUT2D eigenvalue weighted by Gasteiger charge is -2.06. The third-order valence-electron chi connectivity index (χ3n) is 7.69. The molecule has 0 spiro atoms. The summed E-state index contributed by atoms with van der Waals surface area (Å²) in [7, 11) is 0. The molecule has 1 aromatic rings. The second-order valence-electron chi connectivity index (χ2n) is 10.9. The summed E-state index contributed by atoms with van der Waals surface area (Å²) in [5.41, 5.74) is 0. The highest BCUT2D eigenvalue weighted by molar-refractivity contribution is 4.83. The van der Waals surface area contributed by atoms with Gasteiger partial charge < -0.3 is 0 Å². The lowest BCUT2D eigenvalue weighted by Crippen LogP contribution is -2.37. The van der Waals surface area contributed by atoms with Crippen molar-refractivity contribution in [3.05, 3.63) is 18.2 Å². The smallest absolute Gasteiger partial charge is 0.235 e. The molecular weight excluding hydrogens is 412 g/mol. The molecule has 0 saturated carbocycles. The maximum atomic E-state index is 2.57. The van der Waals surface area contributed by atoms with Crippen molar-refractivity contribution in [1.82, 2.24) is 4.57 Å². The molecule has 0 aromatic carbocycles. The zero-order valence-electron chi connectivity index (χ0n) is 23.9. The van der Waals surface area contributed by atoms with Gasteiger partial charge in [0, 0.05) is 6.42 Å². The standard InChI is InChI=1S/C32H63N2/c1-4-7-9-11-13-15-17-19-21-23-25-27-29-34-31-30-33(6-3)32(34)28-26-24-22-20-18-16-14-12-10-8-5-2/h30-31H,4-29H2,1-3H3/q+1. The normalized spacial score (nSPS) is 11.5. The average Bonchev–Trinajstić information content (AvgIpc) is 3.24. The molecule has 1 rings (SSSR count). The van der Waals surface area contributed by atoms with Gasteiger partial charge in [-0.05, 0) is 26.2 Å². The maximum absolute atomic E-state index is 2.57. The van der Waals surface area contributed by atoms with Crippen molar-refractivity contribution in [3.8, 4) is 0 Å². The van der Waals surface area contributed by atoms with E-state index >= 15 is 0 Å². The molecule has 0 amide bonds. The lowest BCUT2D eigenvalue weighted by molar-refractivity contribution is -0.704. The van der Waals surface area contributed by atoms with E-state index in [-0.39, 0.29) is 0 Å². The van der Waals surface area contributed by atoms with Crippen LogP contribution in [0.3, 0.4) is 0 Å². The van der Waals surface area contributed by atoms with Crippen LogP contribution in [0.25, 0.3) is 0 Å². The summed E-state index contributed by atoms with van der Waals surface area (Å²) in [6.45, 7) is 9.23. The summed E-state index contributed by atoms with van der Waals surface area (Å²) in [4.78, 5) is 0. The SMILES string of the molecule is CCCCCCCCCCCCCC[n+]1ccn(CC)c1CCCCCCCCCCCCC. The predicted octanol–water partition coefficient (Wildman–Crippen LogP) is 10.4. The van der Waals surface area contributed by atoms with E-state index in [1.165, 1.54) is 161 Å². The third kappa shape index (κ3) is 16.8. The molecule has 200 valence electrons. The van der Waals surface area contributed by atoms with Gasteiger partial charge in [-0.25, -0.2) is 9.13 Å². The summed E-state index contributed by atoms with van der Waals surface area (Å²) in [6.07, 6.45) is 38.8. The van der Waals surface area contributed by atoms with Crippen molar-refractivity contribution in [2.75, 3.05) is 0 Å². The maximum Gasteiger partial charge on any atom is 0.256 e. The molecule has 0 fully saturated rings. The number of aromatic nitrogens is 2. The van der Waals surface area contributed by atoms with E-state index in [0.29, 0.717) is 0 Å². The van der Waals surface area contributed by atoms with E-state index in [1.54, 1.807) is 5.82 Å². The first kappa shape index (κ1) is 31.2. The minimum atomic E-state index is 1.11. The first-order valence-corrected chi connectivity index (χ1v) is 15.9. The molecule has 0 bridgehead atoms. The molecule has 0 N–H and O–H groups in total. The van der Waals surface area contributed by atoms with Gasteiger partial charge in [0.05, 0.1) is 13.1 Å². The first-order chi connectivity index (χ1) is 16.8. The largest absolute Gasteiger partial charge is 0.256 e. The molecule has 2 heteroatoms. The van der Waals surface area contributed by atoms with Crippen LogP contribution in [0.1, 0.15) is 174 Å². The van der Waals surface area contributed by atoms with Gasteiger partial charge >= 0.3 is 0 Å². The first-order valence-electron chi connectivity index (χ1n) is 15.9. The fourth-order valence-corrected chi connectivity index (χ4v) is 5.35. The van der Waals surface area contributed by atoms with Crippen molar-refractivity contribution in [1.29, 1.82) is 0 Å². The predicted molar refractivity (Wildman–Crippen MR) is 152 cm³/mol. The molecule has 0 aliphatic heterocycles. The summed E-state index contributed by atoms with van der Waals surface area (Å²) >= 11 is 0. The van der Waals surface area contributed by atoms with Crippen molar-refractivity contribution in [2.24, 2.45) is 0 Å². The van der Waals surface area contributed by atoms with E-state index in [9.17, 15) is 0 Å². The molecule has 0 atom stereocenters. The number of aryl methyl sites for hydroxylation is 2. The fraction of sp³-hybridized carbons (Fsp3) is 0.906. The van der Waals surface area contributed by atoms with Gasteiger partial charge in [-0.3, -0.25) is 0 Å². The average molecular weight is 476 g/mol. The lowest BCUT2D eigenvalue weighted by atomic mass is 10.0. The second kappa shape index (κ2) is 23.9. The summed E-state index contributed by atoms with van der Waals surface area (Å²) in [5.74, 6) is 1.57. The number of imidazole rings is 1. The van der Waals surface area contributed by atoms with Crippen LogP contribution in [-0.2, 0) is 19.5 Å². The van der Waals surface area contributed by atoms with Crippen molar-refractivity contribution >= 4 is 0 Å². The number of nitrogens with zero attached hydrogens (tertiary/aromatic N) is 2. The summed E-state index contributed by atoms with van der Waals surface area (Å²) in [5, 5.41) is 0. The molecule has 0 radical (unpaired) electrons. The number of hydrogen-bond acceptors (Lipinski definition) is 0. The quantitative estimate of drug-likeness (QED) is 0.0930. The van der Waals surface area contributed by atoms with Gasteiger partial charge in [-0.1, -0.05) is 142 Å². The molecule has 0 saturated heterocycles. The Hall–Kier alpha value is -0.790.